The van der Waals surface area contributed by atoms with E-state index >= 15 is 0 Å². The van der Waals surface area contributed by atoms with Gasteiger partial charge in [-0.25, -0.2) is 0 Å². The van der Waals surface area contributed by atoms with Gasteiger partial charge in [-0.3, -0.25) is 14.3 Å². The van der Waals surface area contributed by atoms with Gasteiger partial charge in [-0.05, 0) is 26.8 Å². The van der Waals surface area contributed by atoms with E-state index < -0.39 is 30.6 Å². The first-order valence-electron chi connectivity index (χ1n) is 8.96. The van der Waals surface area contributed by atoms with Gasteiger partial charge < -0.3 is 15.1 Å². The fraction of sp³-hybridized carbons (Fsp3) is 0.706. The molecule has 0 spiro atoms. The number of aromatic nitrogens is 2. The fourth-order valence-corrected chi connectivity index (χ4v) is 3.40. The molecule has 1 N–H and O–H groups in total. The molecule has 2 heterocycles. The Bertz CT molecular complexity index is 667. The summed E-state index contributed by atoms with van der Waals surface area (Å²) < 4.78 is 39.7. The molecule has 2 amide bonds. The number of rotatable bonds is 6. The van der Waals surface area contributed by atoms with E-state index in [1.807, 2.05) is 0 Å². The maximum absolute atomic E-state index is 12.9. The molecular weight excluding hydrogens is 399 g/mol. The summed E-state index contributed by atoms with van der Waals surface area (Å²) in [6, 6.07) is -0.606. The zero-order chi connectivity index (χ0) is 20.2. The monoisotopic (exact) mass is 425 g/mol. The second-order valence-corrected chi connectivity index (χ2v) is 6.76. The quantitative estimate of drug-likeness (QED) is 0.754. The molecule has 28 heavy (non-hydrogen) atoms. The average Bonchev–Trinajstić information content (AvgIpc) is 3.05. The molecule has 0 aliphatic carbocycles. The number of carbonyl (C=O) groups is 2. The Hall–Kier alpha value is -1.81. The van der Waals surface area contributed by atoms with Crippen LogP contribution in [0.5, 0.6) is 0 Å². The van der Waals surface area contributed by atoms with E-state index in [0.717, 1.165) is 4.90 Å². The molecule has 2 unspecified atom stereocenters. The Morgan fingerprint density at radius 3 is 2.61 bits per heavy atom. The van der Waals surface area contributed by atoms with Crippen LogP contribution >= 0.6 is 12.4 Å². The van der Waals surface area contributed by atoms with Crippen LogP contribution in [0.4, 0.5) is 13.2 Å². The molecule has 2 rings (SSSR count). The number of aryl methyl sites for hydroxylation is 1. The van der Waals surface area contributed by atoms with E-state index in [0.29, 0.717) is 24.9 Å². The van der Waals surface area contributed by atoms with Crippen LogP contribution < -0.4 is 5.32 Å². The summed E-state index contributed by atoms with van der Waals surface area (Å²) in [6.45, 7) is 0.852. The molecule has 1 aromatic heterocycles. The van der Waals surface area contributed by atoms with E-state index in [1.165, 1.54) is 6.92 Å². The maximum Gasteiger partial charge on any atom is 0.406 e. The van der Waals surface area contributed by atoms with Crippen molar-refractivity contribution in [2.24, 2.45) is 13.0 Å². The summed E-state index contributed by atoms with van der Waals surface area (Å²) in [4.78, 5) is 27.8. The highest BCUT2D eigenvalue weighted by Gasteiger charge is 2.37. The Labute approximate surface area is 168 Å². The van der Waals surface area contributed by atoms with Crippen molar-refractivity contribution in [3.05, 3.63) is 18.0 Å². The normalized spacial score (nSPS) is 18.4. The summed E-state index contributed by atoms with van der Waals surface area (Å²) >= 11 is 0. The molecule has 0 bridgehead atoms. The molecule has 2 atom stereocenters. The number of alkyl halides is 3. The van der Waals surface area contributed by atoms with Gasteiger partial charge in [0, 0.05) is 38.4 Å². The van der Waals surface area contributed by atoms with Gasteiger partial charge in [-0.1, -0.05) is 0 Å². The first kappa shape index (κ1) is 24.2. The van der Waals surface area contributed by atoms with Crippen LogP contribution in [-0.4, -0.2) is 70.8 Å². The standard InChI is InChI=1S/C17H26F3N5O2.ClH/c1-4-24(11-17(18,19)20)15(26)12-6-5-7-25(10-12)16(27)14(21-2)13-8-22-23(3)9-13;/h8-9,12,14,21H,4-7,10-11H2,1-3H3;1H. The number of likely N-dealkylation sites (tertiary alicyclic amines) is 1. The second kappa shape index (κ2) is 10.1. The molecule has 1 aromatic rings. The lowest BCUT2D eigenvalue weighted by atomic mass is 9.95. The minimum absolute atomic E-state index is 0. The number of nitrogens with zero attached hydrogens (tertiary/aromatic N) is 4. The largest absolute Gasteiger partial charge is 0.406 e. The SMILES string of the molecule is CCN(CC(F)(F)F)C(=O)C1CCCN(C(=O)C(NC)c2cnn(C)c2)C1.Cl. The van der Waals surface area contributed by atoms with Gasteiger partial charge in [0.2, 0.25) is 11.8 Å². The average molecular weight is 426 g/mol. The number of halogens is 4. The van der Waals surface area contributed by atoms with Gasteiger partial charge in [0.15, 0.2) is 0 Å². The molecule has 1 aliphatic rings. The van der Waals surface area contributed by atoms with Crippen molar-refractivity contribution in [2.45, 2.75) is 32.0 Å². The van der Waals surface area contributed by atoms with Crippen LogP contribution in [0, 0.1) is 5.92 Å². The van der Waals surface area contributed by atoms with E-state index in [4.69, 9.17) is 0 Å². The van der Waals surface area contributed by atoms with Crippen LogP contribution in [0.1, 0.15) is 31.4 Å². The van der Waals surface area contributed by atoms with Crippen LogP contribution in [-0.2, 0) is 16.6 Å². The molecule has 160 valence electrons. The number of likely N-dealkylation sites (N-methyl/N-ethyl adjacent to an activating group) is 1. The van der Waals surface area contributed by atoms with Crippen molar-refractivity contribution >= 4 is 24.2 Å². The third-order valence-corrected chi connectivity index (χ3v) is 4.74. The van der Waals surface area contributed by atoms with Gasteiger partial charge in [-0.15, -0.1) is 12.4 Å². The van der Waals surface area contributed by atoms with Crippen molar-refractivity contribution in [3.8, 4) is 0 Å². The number of hydrogen-bond acceptors (Lipinski definition) is 4. The minimum Gasteiger partial charge on any atom is -0.340 e. The Morgan fingerprint density at radius 1 is 1.43 bits per heavy atom. The van der Waals surface area contributed by atoms with Crippen molar-refractivity contribution < 1.29 is 22.8 Å². The molecule has 11 heteroatoms. The molecular formula is C17H27ClF3N5O2. The molecule has 1 aliphatic heterocycles. The number of piperidine rings is 1. The number of nitrogens with one attached hydrogen (secondary N) is 1. The lowest BCUT2D eigenvalue weighted by Gasteiger charge is -2.36. The number of hydrogen-bond donors (Lipinski definition) is 1. The summed E-state index contributed by atoms with van der Waals surface area (Å²) in [5, 5.41) is 7.01. The highest BCUT2D eigenvalue weighted by Crippen LogP contribution is 2.24. The van der Waals surface area contributed by atoms with E-state index in [2.05, 4.69) is 10.4 Å². The van der Waals surface area contributed by atoms with Crippen molar-refractivity contribution in [1.29, 1.82) is 0 Å². The number of carbonyl (C=O) groups excluding carboxylic acids is 2. The zero-order valence-corrected chi connectivity index (χ0v) is 17.0. The minimum atomic E-state index is -4.44. The topological polar surface area (TPSA) is 70.5 Å². The summed E-state index contributed by atoms with van der Waals surface area (Å²) in [5.74, 6) is -1.37. The zero-order valence-electron chi connectivity index (χ0n) is 16.2. The lowest BCUT2D eigenvalue weighted by Crippen LogP contribution is -2.50. The maximum atomic E-state index is 12.9. The van der Waals surface area contributed by atoms with Gasteiger partial charge in [-0.2, -0.15) is 18.3 Å². The van der Waals surface area contributed by atoms with Crippen molar-refractivity contribution in [3.63, 3.8) is 0 Å². The predicted molar refractivity (Wildman–Crippen MR) is 99.9 cm³/mol. The molecule has 0 radical (unpaired) electrons. The van der Waals surface area contributed by atoms with Crippen molar-refractivity contribution in [2.75, 3.05) is 33.2 Å². The van der Waals surface area contributed by atoms with Gasteiger partial charge in [0.1, 0.15) is 12.6 Å². The molecule has 1 fully saturated rings. The molecule has 0 aromatic carbocycles. The lowest BCUT2D eigenvalue weighted by molar-refractivity contribution is -0.165. The van der Waals surface area contributed by atoms with Gasteiger partial charge in [0.25, 0.3) is 0 Å². The third-order valence-electron chi connectivity index (χ3n) is 4.74. The fourth-order valence-electron chi connectivity index (χ4n) is 3.40. The first-order chi connectivity index (χ1) is 12.7. The highest BCUT2D eigenvalue weighted by molar-refractivity contribution is 5.85. The molecule has 0 saturated carbocycles. The van der Waals surface area contributed by atoms with E-state index in [1.54, 1.807) is 36.1 Å². The van der Waals surface area contributed by atoms with Crippen LogP contribution in [0.25, 0.3) is 0 Å². The number of amides is 2. The van der Waals surface area contributed by atoms with E-state index in [-0.39, 0.29) is 31.4 Å². The summed E-state index contributed by atoms with van der Waals surface area (Å²) in [7, 11) is 3.40. The predicted octanol–water partition coefficient (Wildman–Crippen LogP) is 1.75. The molecule has 1 saturated heterocycles. The van der Waals surface area contributed by atoms with Crippen molar-refractivity contribution in [1.82, 2.24) is 24.9 Å². The Balaban J connectivity index is 0.00000392. The van der Waals surface area contributed by atoms with E-state index in [9.17, 15) is 22.8 Å². The van der Waals surface area contributed by atoms with Gasteiger partial charge in [0.05, 0.1) is 12.1 Å². The highest BCUT2D eigenvalue weighted by atomic mass is 35.5. The Morgan fingerprint density at radius 2 is 2.11 bits per heavy atom. The van der Waals surface area contributed by atoms with Crippen LogP contribution in [0.15, 0.2) is 12.4 Å². The van der Waals surface area contributed by atoms with Crippen LogP contribution in [0.3, 0.4) is 0 Å². The second-order valence-electron chi connectivity index (χ2n) is 6.76. The smallest absolute Gasteiger partial charge is 0.340 e. The Kier molecular flexibility index (Phi) is 8.75. The van der Waals surface area contributed by atoms with Crippen LogP contribution in [0.2, 0.25) is 0 Å². The summed E-state index contributed by atoms with van der Waals surface area (Å²) in [6.07, 6.45) is -0.0573. The van der Waals surface area contributed by atoms with Gasteiger partial charge >= 0.3 is 6.18 Å². The molecule has 7 nitrogen and oxygen atoms in total. The third kappa shape index (κ3) is 6.10. The first-order valence-corrected chi connectivity index (χ1v) is 8.96. The summed E-state index contributed by atoms with van der Waals surface area (Å²) in [5.41, 5.74) is 0.700.